The second kappa shape index (κ2) is 8.94. The minimum Gasteiger partial charge on any atom is -0.340 e. The standard InChI is InChI=1S/C18H19ClN4O2/c1-12(2)16(22-17(24)14-3-5-15(19)6-4-14)18(25)23-21-11-13-7-9-20-10-8-13/h3-12,16H,1-2H3,(H,22,24)(H,23,25)/b21-11+. The van der Waals surface area contributed by atoms with Gasteiger partial charge in [0, 0.05) is 23.0 Å². The number of benzene rings is 1. The van der Waals surface area contributed by atoms with Crippen molar-refractivity contribution in [3.63, 3.8) is 0 Å². The van der Waals surface area contributed by atoms with Crippen molar-refractivity contribution in [1.82, 2.24) is 15.7 Å². The van der Waals surface area contributed by atoms with Crippen LogP contribution in [-0.4, -0.2) is 29.1 Å². The zero-order chi connectivity index (χ0) is 18.2. The Labute approximate surface area is 151 Å². The SMILES string of the molecule is CC(C)C(NC(=O)c1ccc(Cl)cc1)C(=O)N/N=C/c1ccncc1. The van der Waals surface area contributed by atoms with Gasteiger partial charge in [-0.3, -0.25) is 14.6 Å². The second-order valence-corrected chi connectivity index (χ2v) is 6.15. The zero-order valence-corrected chi connectivity index (χ0v) is 14.7. The van der Waals surface area contributed by atoms with E-state index in [4.69, 9.17) is 11.6 Å². The number of pyridine rings is 1. The van der Waals surface area contributed by atoms with Gasteiger partial charge in [0.15, 0.2) is 0 Å². The molecule has 0 aliphatic carbocycles. The summed E-state index contributed by atoms with van der Waals surface area (Å²) in [6, 6.07) is 9.27. The van der Waals surface area contributed by atoms with Crippen LogP contribution in [0.25, 0.3) is 0 Å². The minimum absolute atomic E-state index is 0.104. The van der Waals surface area contributed by atoms with Crippen molar-refractivity contribution in [2.45, 2.75) is 19.9 Å². The lowest BCUT2D eigenvalue weighted by atomic mass is 10.0. The van der Waals surface area contributed by atoms with Gasteiger partial charge in [-0.25, -0.2) is 5.43 Å². The molecular weight excluding hydrogens is 340 g/mol. The topological polar surface area (TPSA) is 83.5 Å². The molecule has 7 heteroatoms. The van der Waals surface area contributed by atoms with Gasteiger partial charge >= 0.3 is 0 Å². The average Bonchev–Trinajstić information content (AvgIpc) is 2.60. The summed E-state index contributed by atoms with van der Waals surface area (Å²) in [5, 5.41) is 7.18. The third-order valence-corrected chi connectivity index (χ3v) is 3.69. The van der Waals surface area contributed by atoms with Crippen LogP contribution in [0.5, 0.6) is 0 Å². The van der Waals surface area contributed by atoms with E-state index in [0.717, 1.165) is 5.56 Å². The fraction of sp³-hybridized carbons (Fsp3) is 0.222. The van der Waals surface area contributed by atoms with Crippen LogP contribution in [0.15, 0.2) is 53.9 Å². The van der Waals surface area contributed by atoms with E-state index >= 15 is 0 Å². The van der Waals surface area contributed by atoms with Gasteiger partial charge in [0.1, 0.15) is 6.04 Å². The Morgan fingerprint density at radius 3 is 2.36 bits per heavy atom. The summed E-state index contributed by atoms with van der Waals surface area (Å²) in [5.41, 5.74) is 3.69. The first-order valence-electron chi connectivity index (χ1n) is 7.76. The lowest BCUT2D eigenvalue weighted by Crippen LogP contribution is -2.48. The van der Waals surface area contributed by atoms with Gasteiger partial charge in [-0.2, -0.15) is 5.10 Å². The van der Waals surface area contributed by atoms with Crippen LogP contribution in [0.1, 0.15) is 29.8 Å². The van der Waals surface area contributed by atoms with E-state index in [1.807, 2.05) is 13.8 Å². The highest BCUT2D eigenvalue weighted by Gasteiger charge is 2.24. The predicted molar refractivity (Wildman–Crippen MR) is 97.5 cm³/mol. The smallest absolute Gasteiger partial charge is 0.262 e. The molecule has 25 heavy (non-hydrogen) atoms. The Hall–Kier alpha value is -2.73. The van der Waals surface area contributed by atoms with Crippen molar-refractivity contribution in [3.05, 3.63) is 64.9 Å². The Kier molecular flexibility index (Phi) is 6.65. The molecule has 0 saturated carbocycles. The molecule has 0 radical (unpaired) electrons. The molecule has 2 amide bonds. The lowest BCUT2D eigenvalue weighted by molar-refractivity contribution is -0.123. The first-order valence-corrected chi connectivity index (χ1v) is 8.14. The second-order valence-electron chi connectivity index (χ2n) is 5.72. The largest absolute Gasteiger partial charge is 0.340 e. The molecule has 1 unspecified atom stereocenters. The van der Waals surface area contributed by atoms with Crippen molar-refractivity contribution in [3.8, 4) is 0 Å². The molecule has 0 fully saturated rings. The Morgan fingerprint density at radius 2 is 1.76 bits per heavy atom. The van der Waals surface area contributed by atoms with Crippen molar-refractivity contribution < 1.29 is 9.59 Å². The highest BCUT2D eigenvalue weighted by molar-refractivity contribution is 6.30. The number of amides is 2. The summed E-state index contributed by atoms with van der Waals surface area (Å²) in [4.78, 5) is 28.5. The van der Waals surface area contributed by atoms with Crippen LogP contribution >= 0.6 is 11.6 Å². The molecule has 6 nitrogen and oxygen atoms in total. The number of carbonyl (C=O) groups is 2. The van der Waals surface area contributed by atoms with Gasteiger partial charge in [0.25, 0.3) is 11.8 Å². The molecule has 0 aliphatic rings. The number of carbonyl (C=O) groups excluding carboxylic acids is 2. The van der Waals surface area contributed by atoms with Gasteiger partial charge in [0.2, 0.25) is 0 Å². The fourth-order valence-electron chi connectivity index (χ4n) is 2.05. The molecule has 1 aromatic heterocycles. The van der Waals surface area contributed by atoms with Gasteiger partial charge in [-0.05, 0) is 47.9 Å². The van der Waals surface area contributed by atoms with Crippen LogP contribution in [0.2, 0.25) is 5.02 Å². The van der Waals surface area contributed by atoms with Crippen molar-refractivity contribution >= 4 is 29.6 Å². The first-order chi connectivity index (χ1) is 12.0. The van der Waals surface area contributed by atoms with Crippen molar-refractivity contribution in [1.29, 1.82) is 0 Å². The van der Waals surface area contributed by atoms with Crippen LogP contribution in [0.4, 0.5) is 0 Å². The lowest BCUT2D eigenvalue weighted by Gasteiger charge is -2.20. The number of nitrogens with one attached hydrogen (secondary N) is 2. The average molecular weight is 359 g/mol. The van der Waals surface area contributed by atoms with Gasteiger partial charge in [-0.1, -0.05) is 25.4 Å². The summed E-state index contributed by atoms with van der Waals surface area (Å²) >= 11 is 5.82. The van der Waals surface area contributed by atoms with E-state index in [0.29, 0.717) is 10.6 Å². The normalized spacial score (nSPS) is 12.2. The van der Waals surface area contributed by atoms with E-state index in [1.54, 1.807) is 48.8 Å². The maximum absolute atomic E-state index is 12.3. The molecule has 0 aliphatic heterocycles. The number of hydrogen-bond donors (Lipinski definition) is 2. The van der Waals surface area contributed by atoms with Crippen molar-refractivity contribution in [2.75, 3.05) is 0 Å². The molecule has 1 atom stereocenters. The van der Waals surface area contributed by atoms with E-state index in [1.165, 1.54) is 6.21 Å². The molecule has 1 heterocycles. The maximum Gasteiger partial charge on any atom is 0.262 e. The van der Waals surface area contributed by atoms with E-state index in [-0.39, 0.29) is 17.7 Å². The third-order valence-electron chi connectivity index (χ3n) is 3.44. The zero-order valence-electron chi connectivity index (χ0n) is 13.9. The summed E-state index contributed by atoms with van der Waals surface area (Å²) < 4.78 is 0. The molecular formula is C18H19ClN4O2. The van der Waals surface area contributed by atoms with Crippen molar-refractivity contribution in [2.24, 2.45) is 11.0 Å². The predicted octanol–water partition coefficient (Wildman–Crippen LogP) is 2.64. The van der Waals surface area contributed by atoms with Crippen LogP contribution < -0.4 is 10.7 Å². The first kappa shape index (κ1) is 18.6. The summed E-state index contributed by atoms with van der Waals surface area (Å²) in [7, 11) is 0. The number of nitrogens with zero attached hydrogens (tertiary/aromatic N) is 2. The number of hydrogen-bond acceptors (Lipinski definition) is 4. The monoisotopic (exact) mass is 358 g/mol. The Morgan fingerprint density at radius 1 is 1.12 bits per heavy atom. The van der Waals surface area contributed by atoms with Gasteiger partial charge in [0.05, 0.1) is 6.21 Å². The Balaban J connectivity index is 1.99. The van der Waals surface area contributed by atoms with Crippen LogP contribution in [0.3, 0.4) is 0 Å². The number of rotatable bonds is 6. The molecule has 2 rings (SSSR count). The Bertz CT molecular complexity index is 745. The van der Waals surface area contributed by atoms with E-state index in [2.05, 4.69) is 20.8 Å². The van der Waals surface area contributed by atoms with Gasteiger partial charge < -0.3 is 5.32 Å². The number of halogens is 1. The highest BCUT2D eigenvalue weighted by Crippen LogP contribution is 2.10. The summed E-state index contributed by atoms with van der Waals surface area (Å²) in [5.74, 6) is -0.835. The van der Waals surface area contributed by atoms with Crippen LogP contribution in [-0.2, 0) is 4.79 Å². The molecule has 2 N–H and O–H groups in total. The molecule has 130 valence electrons. The van der Waals surface area contributed by atoms with Gasteiger partial charge in [-0.15, -0.1) is 0 Å². The summed E-state index contributed by atoms with van der Waals surface area (Å²) in [6.45, 7) is 3.69. The molecule has 0 saturated heterocycles. The van der Waals surface area contributed by atoms with E-state index in [9.17, 15) is 9.59 Å². The minimum atomic E-state index is -0.710. The molecule has 1 aromatic carbocycles. The van der Waals surface area contributed by atoms with E-state index < -0.39 is 6.04 Å². The molecule has 0 spiro atoms. The third kappa shape index (κ3) is 5.69. The molecule has 0 bridgehead atoms. The molecule has 2 aromatic rings. The summed E-state index contributed by atoms with van der Waals surface area (Å²) in [6.07, 6.45) is 4.77. The number of aromatic nitrogens is 1. The highest BCUT2D eigenvalue weighted by atomic mass is 35.5. The maximum atomic E-state index is 12.3. The quantitative estimate of drug-likeness (QED) is 0.615. The fourth-order valence-corrected chi connectivity index (χ4v) is 2.18. The number of hydrazone groups is 1. The van der Waals surface area contributed by atoms with Crippen LogP contribution in [0, 0.1) is 5.92 Å².